The molecule has 1 amide bonds. The van der Waals surface area contributed by atoms with E-state index in [1.54, 1.807) is 4.90 Å². The minimum atomic E-state index is -0.431. The molecule has 0 saturated heterocycles. The minimum absolute atomic E-state index is 0. The van der Waals surface area contributed by atoms with Crippen molar-refractivity contribution in [3.8, 4) is 0 Å². The molecule has 22 heavy (non-hydrogen) atoms. The van der Waals surface area contributed by atoms with Gasteiger partial charge in [0.15, 0.2) is 5.82 Å². The quantitative estimate of drug-likeness (QED) is 0.934. The van der Waals surface area contributed by atoms with Crippen LogP contribution in [0.15, 0.2) is 28.8 Å². The first-order valence-electron chi connectivity index (χ1n) is 7.15. The van der Waals surface area contributed by atoms with Crippen molar-refractivity contribution in [3.05, 3.63) is 47.1 Å². The van der Waals surface area contributed by atoms with E-state index in [1.165, 1.54) is 0 Å². The van der Waals surface area contributed by atoms with E-state index in [0.29, 0.717) is 24.8 Å². The number of halogens is 1. The molecule has 0 spiro atoms. The zero-order valence-corrected chi connectivity index (χ0v) is 12.8. The van der Waals surface area contributed by atoms with Gasteiger partial charge in [-0.05, 0) is 30.9 Å². The van der Waals surface area contributed by atoms with Gasteiger partial charge in [-0.1, -0.05) is 23.4 Å². The van der Waals surface area contributed by atoms with E-state index in [1.807, 2.05) is 24.3 Å². The molecule has 1 fully saturated rings. The SMILES string of the molecule is Cl.NC1(c2noc(CN3Cc4ccccc4C3=O)n2)CCC1. The van der Waals surface area contributed by atoms with Gasteiger partial charge < -0.3 is 15.2 Å². The molecule has 1 aliphatic carbocycles. The second-order valence-electron chi connectivity index (χ2n) is 5.84. The van der Waals surface area contributed by atoms with Gasteiger partial charge in [0.25, 0.3) is 5.91 Å². The van der Waals surface area contributed by atoms with E-state index >= 15 is 0 Å². The van der Waals surface area contributed by atoms with Gasteiger partial charge >= 0.3 is 0 Å². The third kappa shape index (κ3) is 2.28. The maximum atomic E-state index is 12.3. The van der Waals surface area contributed by atoms with Crippen LogP contribution < -0.4 is 5.73 Å². The highest BCUT2D eigenvalue weighted by atomic mass is 35.5. The first-order chi connectivity index (χ1) is 10.2. The van der Waals surface area contributed by atoms with Crippen LogP contribution in [0.5, 0.6) is 0 Å². The van der Waals surface area contributed by atoms with Gasteiger partial charge in [0.1, 0.15) is 6.54 Å². The molecule has 116 valence electrons. The molecule has 2 aliphatic rings. The number of rotatable bonds is 3. The summed E-state index contributed by atoms with van der Waals surface area (Å²) in [5, 5.41) is 3.98. The summed E-state index contributed by atoms with van der Waals surface area (Å²) in [6.45, 7) is 0.914. The Morgan fingerprint density at radius 3 is 2.77 bits per heavy atom. The van der Waals surface area contributed by atoms with Crippen LogP contribution in [-0.4, -0.2) is 20.9 Å². The van der Waals surface area contributed by atoms with E-state index in [4.69, 9.17) is 10.3 Å². The molecule has 2 aromatic rings. The van der Waals surface area contributed by atoms with Gasteiger partial charge in [0.05, 0.1) is 5.54 Å². The van der Waals surface area contributed by atoms with E-state index in [-0.39, 0.29) is 18.3 Å². The largest absolute Gasteiger partial charge is 0.337 e. The molecule has 6 nitrogen and oxygen atoms in total. The third-order valence-corrected chi connectivity index (χ3v) is 4.38. The lowest BCUT2D eigenvalue weighted by Gasteiger charge is -2.34. The van der Waals surface area contributed by atoms with E-state index in [0.717, 1.165) is 30.4 Å². The monoisotopic (exact) mass is 320 g/mol. The molecule has 7 heteroatoms. The summed E-state index contributed by atoms with van der Waals surface area (Å²) < 4.78 is 5.26. The van der Waals surface area contributed by atoms with Gasteiger partial charge in [0.2, 0.25) is 5.89 Å². The number of aromatic nitrogens is 2. The van der Waals surface area contributed by atoms with Crippen LogP contribution in [0, 0.1) is 0 Å². The van der Waals surface area contributed by atoms with Crippen LogP contribution in [0.1, 0.15) is 46.9 Å². The number of carbonyl (C=O) groups excluding carboxylic acids is 1. The summed E-state index contributed by atoms with van der Waals surface area (Å²) >= 11 is 0. The van der Waals surface area contributed by atoms with Crippen molar-refractivity contribution in [1.82, 2.24) is 15.0 Å². The summed E-state index contributed by atoms with van der Waals surface area (Å²) in [4.78, 5) is 18.4. The fourth-order valence-corrected chi connectivity index (χ4v) is 2.91. The molecule has 1 saturated carbocycles. The highest BCUT2D eigenvalue weighted by Gasteiger charge is 2.39. The number of fused-ring (bicyclic) bond motifs is 1. The lowest BCUT2D eigenvalue weighted by atomic mass is 9.77. The fourth-order valence-electron chi connectivity index (χ4n) is 2.91. The highest BCUT2D eigenvalue weighted by Crippen LogP contribution is 2.37. The number of benzene rings is 1. The summed E-state index contributed by atoms with van der Waals surface area (Å²) in [7, 11) is 0. The van der Waals surface area contributed by atoms with Crippen LogP contribution in [-0.2, 0) is 18.6 Å². The zero-order valence-electron chi connectivity index (χ0n) is 12.0. The molecule has 2 heterocycles. The number of hydrogen-bond donors (Lipinski definition) is 1. The Hall–Kier alpha value is -1.92. The van der Waals surface area contributed by atoms with Crippen molar-refractivity contribution in [2.75, 3.05) is 0 Å². The number of carbonyl (C=O) groups is 1. The van der Waals surface area contributed by atoms with Crippen molar-refractivity contribution >= 4 is 18.3 Å². The molecule has 1 aromatic carbocycles. The standard InChI is InChI=1S/C15H16N4O2.ClH/c16-15(6-3-7-15)14-17-12(21-18-14)9-19-8-10-4-1-2-5-11(10)13(19)20;/h1-2,4-5H,3,6-9,16H2;1H. The van der Waals surface area contributed by atoms with Crippen LogP contribution >= 0.6 is 12.4 Å². The molecule has 0 unspecified atom stereocenters. The number of nitrogens with two attached hydrogens (primary N) is 1. The van der Waals surface area contributed by atoms with Crippen LogP contribution in [0.3, 0.4) is 0 Å². The second-order valence-corrected chi connectivity index (χ2v) is 5.84. The van der Waals surface area contributed by atoms with Gasteiger partial charge in [0, 0.05) is 12.1 Å². The lowest BCUT2D eigenvalue weighted by Crippen LogP contribution is -2.44. The van der Waals surface area contributed by atoms with Crippen LogP contribution in [0.25, 0.3) is 0 Å². The number of amides is 1. The second kappa shape index (κ2) is 5.37. The average molecular weight is 321 g/mol. The van der Waals surface area contributed by atoms with Gasteiger partial charge in [-0.3, -0.25) is 4.79 Å². The Bertz CT molecular complexity index is 711. The predicted molar refractivity (Wildman–Crippen MR) is 81.3 cm³/mol. The normalized spacial score (nSPS) is 18.6. The van der Waals surface area contributed by atoms with E-state index < -0.39 is 5.54 Å². The topological polar surface area (TPSA) is 85.2 Å². The Balaban J connectivity index is 0.00000144. The summed E-state index contributed by atoms with van der Waals surface area (Å²) in [6, 6.07) is 7.63. The average Bonchev–Trinajstić information content (AvgIpc) is 3.04. The van der Waals surface area contributed by atoms with Gasteiger partial charge in [-0.15, -0.1) is 12.4 Å². The van der Waals surface area contributed by atoms with Crippen molar-refractivity contribution in [2.24, 2.45) is 5.73 Å². The van der Waals surface area contributed by atoms with Gasteiger partial charge in [-0.25, -0.2) is 0 Å². The first kappa shape index (κ1) is 15.0. The summed E-state index contributed by atoms with van der Waals surface area (Å²) in [5.41, 5.74) is 7.54. The molecule has 0 bridgehead atoms. The van der Waals surface area contributed by atoms with E-state index in [2.05, 4.69) is 10.1 Å². The smallest absolute Gasteiger partial charge is 0.254 e. The molecule has 1 aliphatic heterocycles. The molecule has 4 rings (SSSR count). The Kier molecular flexibility index (Phi) is 3.66. The van der Waals surface area contributed by atoms with E-state index in [9.17, 15) is 4.79 Å². The third-order valence-electron chi connectivity index (χ3n) is 4.38. The molecular formula is C15H17ClN4O2. The zero-order chi connectivity index (χ0) is 14.4. The molecule has 0 atom stereocenters. The molecule has 0 radical (unpaired) electrons. The summed E-state index contributed by atoms with van der Waals surface area (Å²) in [5.74, 6) is 1.02. The molecular weight excluding hydrogens is 304 g/mol. The molecule has 2 N–H and O–H groups in total. The maximum absolute atomic E-state index is 12.3. The Morgan fingerprint density at radius 1 is 1.32 bits per heavy atom. The highest BCUT2D eigenvalue weighted by molar-refractivity contribution is 5.98. The van der Waals surface area contributed by atoms with Crippen LogP contribution in [0.2, 0.25) is 0 Å². The van der Waals surface area contributed by atoms with Gasteiger partial charge in [-0.2, -0.15) is 4.98 Å². The lowest BCUT2D eigenvalue weighted by molar-refractivity contribution is 0.0748. The Labute approximate surface area is 134 Å². The first-order valence-corrected chi connectivity index (χ1v) is 7.15. The fraction of sp³-hybridized carbons (Fsp3) is 0.400. The van der Waals surface area contributed by atoms with Crippen molar-refractivity contribution < 1.29 is 9.32 Å². The van der Waals surface area contributed by atoms with Crippen molar-refractivity contribution in [2.45, 2.75) is 37.9 Å². The maximum Gasteiger partial charge on any atom is 0.254 e. The summed E-state index contributed by atoms with van der Waals surface area (Å²) in [6.07, 6.45) is 2.88. The number of hydrogen-bond acceptors (Lipinski definition) is 5. The van der Waals surface area contributed by atoms with Crippen molar-refractivity contribution in [3.63, 3.8) is 0 Å². The van der Waals surface area contributed by atoms with Crippen molar-refractivity contribution in [1.29, 1.82) is 0 Å². The van der Waals surface area contributed by atoms with Crippen LogP contribution in [0.4, 0.5) is 0 Å². The molecule has 1 aromatic heterocycles. The number of nitrogens with zero attached hydrogens (tertiary/aromatic N) is 3. The predicted octanol–water partition coefficient (Wildman–Crippen LogP) is 1.99. The minimum Gasteiger partial charge on any atom is -0.337 e. The Morgan fingerprint density at radius 2 is 2.09 bits per heavy atom.